The number of halogens is 1. The van der Waals surface area contributed by atoms with Crippen molar-refractivity contribution in [2.75, 3.05) is 0 Å². The number of hydrogen-bond acceptors (Lipinski definition) is 2. The molecule has 3 heteroatoms. The molecule has 0 atom stereocenters. The lowest BCUT2D eigenvalue weighted by Crippen LogP contribution is -1.71. The Morgan fingerprint density at radius 3 is 1.90 bits per heavy atom. The minimum Gasteiger partial charge on any atom is -0.360 e. The summed E-state index contributed by atoms with van der Waals surface area (Å²) in [6.07, 6.45) is 0. The highest BCUT2D eigenvalue weighted by Crippen LogP contribution is 2.13. The third-order valence-electron chi connectivity index (χ3n) is 0.946. The van der Waals surface area contributed by atoms with Crippen molar-refractivity contribution >= 4 is 22.6 Å². The maximum absolute atomic E-state index is 4.84. The summed E-state index contributed by atoms with van der Waals surface area (Å²) in [4.78, 5) is 0. The van der Waals surface area contributed by atoms with E-state index in [1.165, 1.54) is 0 Å². The Labute approximate surface area is 75.1 Å². The van der Waals surface area contributed by atoms with Crippen LogP contribution in [0.2, 0.25) is 0 Å². The number of nitrogens with zero attached hydrogens (tertiary/aromatic N) is 1. The van der Waals surface area contributed by atoms with E-state index in [4.69, 9.17) is 4.52 Å². The van der Waals surface area contributed by atoms with Gasteiger partial charge in [0.1, 0.15) is 5.76 Å². The first-order chi connectivity index (χ1) is 4.72. The molecule has 0 saturated heterocycles. The second kappa shape index (κ2) is 4.71. The monoisotopic (exact) mass is 253 g/mol. The van der Waals surface area contributed by atoms with Gasteiger partial charge in [-0.05, 0) is 36.4 Å². The summed E-state index contributed by atoms with van der Waals surface area (Å²) in [5.41, 5.74) is 0.975. The Bertz CT molecular complexity index is 176. The molecule has 10 heavy (non-hydrogen) atoms. The highest BCUT2D eigenvalue weighted by atomic mass is 127. The second-order valence-electron chi connectivity index (χ2n) is 1.64. The lowest BCUT2D eigenvalue weighted by molar-refractivity contribution is 0.392. The van der Waals surface area contributed by atoms with E-state index >= 15 is 0 Å². The molecule has 0 spiro atoms. The molecule has 1 aromatic rings. The Morgan fingerprint density at radius 2 is 1.80 bits per heavy atom. The van der Waals surface area contributed by atoms with Gasteiger partial charge in [0.05, 0.1) is 9.26 Å². The van der Waals surface area contributed by atoms with Crippen LogP contribution in [0.5, 0.6) is 0 Å². The van der Waals surface area contributed by atoms with Crippen LogP contribution in [0.15, 0.2) is 4.52 Å². The normalized spacial score (nSPS) is 8.50. The van der Waals surface area contributed by atoms with Gasteiger partial charge >= 0.3 is 0 Å². The SMILES string of the molecule is CC.Cc1noc(C)c1I. The van der Waals surface area contributed by atoms with Gasteiger partial charge in [-0.3, -0.25) is 0 Å². The van der Waals surface area contributed by atoms with Crippen LogP contribution in [0.1, 0.15) is 25.3 Å². The fourth-order valence-corrected chi connectivity index (χ4v) is 0.669. The summed E-state index contributed by atoms with van der Waals surface area (Å²) in [5, 5.41) is 3.73. The summed E-state index contributed by atoms with van der Waals surface area (Å²) in [5.74, 6) is 0.906. The van der Waals surface area contributed by atoms with Crippen molar-refractivity contribution in [3.63, 3.8) is 0 Å². The van der Waals surface area contributed by atoms with Gasteiger partial charge < -0.3 is 4.52 Å². The molecule has 0 unspecified atom stereocenters. The largest absolute Gasteiger partial charge is 0.360 e. The molecular formula is C7H12INO. The molecule has 0 bridgehead atoms. The van der Waals surface area contributed by atoms with E-state index in [1.807, 2.05) is 27.7 Å². The maximum atomic E-state index is 4.84. The molecule has 58 valence electrons. The first kappa shape index (κ1) is 9.94. The van der Waals surface area contributed by atoms with E-state index in [0.717, 1.165) is 15.0 Å². The van der Waals surface area contributed by atoms with Crippen LogP contribution in [0, 0.1) is 17.4 Å². The van der Waals surface area contributed by atoms with Crippen molar-refractivity contribution in [1.29, 1.82) is 0 Å². The van der Waals surface area contributed by atoms with Gasteiger partial charge in [-0.15, -0.1) is 0 Å². The molecule has 0 amide bonds. The van der Waals surface area contributed by atoms with Gasteiger partial charge in [-0.1, -0.05) is 19.0 Å². The summed E-state index contributed by atoms with van der Waals surface area (Å²) in [7, 11) is 0. The van der Waals surface area contributed by atoms with Crippen LogP contribution in [0.3, 0.4) is 0 Å². The molecule has 1 aromatic heterocycles. The zero-order valence-electron chi connectivity index (χ0n) is 6.73. The van der Waals surface area contributed by atoms with Crippen molar-refractivity contribution in [2.45, 2.75) is 27.7 Å². The zero-order valence-corrected chi connectivity index (χ0v) is 8.89. The third-order valence-corrected chi connectivity index (χ3v) is 2.49. The Kier molecular flexibility index (Phi) is 4.68. The number of aryl methyl sites for hydroxylation is 2. The molecule has 0 aliphatic carbocycles. The van der Waals surface area contributed by atoms with Crippen molar-refractivity contribution in [3.05, 3.63) is 15.0 Å². The topological polar surface area (TPSA) is 26.0 Å². The zero-order chi connectivity index (χ0) is 8.15. The number of rotatable bonds is 0. The summed E-state index contributed by atoms with van der Waals surface area (Å²) in [6.45, 7) is 7.83. The van der Waals surface area contributed by atoms with Crippen LogP contribution in [-0.2, 0) is 0 Å². The minimum atomic E-state index is 0.906. The smallest absolute Gasteiger partial charge is 0.147 e. The molecule has 0 aromatic carbocycles. The van der Waals surface area contributed by atoms with Gasteiger partial charge in [0.15, 0.2) is 0 Å². The Hall–Kier alpha value is -0.0600. The molecule has 0 aliphatic rings. The maximum Gasteiger partial charge on any atom is 0.147 e. The van der Waals surface area contributed by atoms with Crippen LogP contribution in [0.4, 0.5) is 0 Å². The van der Waals surface area contributed by atoms with Crippen LogP contribution >= 0.6 is 22.6 Å². The molecule has 0 aliphatic heterocycles. The second-order valence-corrected chi connectivity index (χ2v) is 2.72. The summed E-state index contributed by atoms with van der Waals surface area (Å²) >= 11 is 2.21. The van der Waals surface area contributed by atoms with Crippen molar-refractivity contribution in [3.8, 4) is 0 Å². The van der Waals surface area contributed by atoms with Crippen molar-refractivity contribution < 1.29 is 4.52 Å². The Balaban J connectivity index is 0.000000371. The average Bonchev–Trinajstić information content (AvgIpc) is 2.25. The van der Waals surface area contributed by atoms with E-state index < -0.39 is 0 Å². The minimum absolute atomic E-state index is 0.906. The van der Waals surface area contributed by atoms with Crippen molar-refractivity contribution in [1.82, 2.24) is 5.16 Å². The summed E-state index contributed by atoms with van der Waals surface area (Å²) < 4.78 is 5.96. The van der Waals surface area contributed by atoms with Crippen LogP contribution < -0.4 is 0 Å². The highest BCUT2D eigenvalue weighted by molar-refractivity contribution is 14.1. The van der Waals surface area contributed by atoms with Crippen LogP contribution in [-0.4, -0.2) is 5.16 Å². The first-order valence-electron chi connectivity index (χ1n) is 3.30. The van der Waals surface area contributed by atoms with Crippen LogP contribution in [0.25, 0.3) is 0 Å². The Morgan fingerprint density at radius 1 is 1.30 bits per heavy atom. The number of hydrogen-bond donors (Lipinski definition) is 0. The predicted octanol–water partition coefficient (Wildman–Crippen LogP) is 2.92. The average molecular weight is 253 g/mol. The van der Waals surface area contributed by atoms with Gasteiger partial charge in [0.2, 0.25) is 0 Å². The van der Waals surface area contributed by atoms with Gasteiger partial charge in [-0.2, -0.15) is 0 Å². The first-order valence-corrected chi connectivity index (χ1v) is 4.38. The molecule has 0 saturated carbocycles. The predicted molar refractivity (Wildman–Crippen MR) is 50.0 cm³/mol. The molecule has 0 N–H and O–H groups in total. The third kappa shape index (κ3) is 2.28. The van der Waals surface area contributed by atoms with Crippen molar-refractivity contribution in [2.24, 2.45) is 0 Å². The fraction of sp³-hybridized carbons (Fsp3) is 0.571. The van der Waals surface area contributed by atoms with Gasteiger partial charge in [-0.25, -0.2) is 0 Å². The molecular weight excluding hydrogens is 241 g/mol. The number of aromatic nitrogens is 1. The van der Waals surface area contributed by atoms with E-state index in [9.17, 15) is 0 Å². The highest BCUT2D eigenvalue weighted by Gasteiger charge is 2.01. The molecule has 1 heterocycles. The standard InChI is InChI=1S/C5H6INO.C2H6/c1-3-5(6)4(2)8-7-3;1-2/h1-2H3;1-2H3. The van der Waals surface area contributed by atoms with E-state index in [1.54, 1.807) is 0 Å². The molecule has 0 radical (unpaired) electrons. The van der Waals surface area contributed by atoms with E-state index in [0.29, 0.717) is 0 Å². The summed E-state index contributed by atoms with van der Waals surface area (Å²) in [6, 6.07) is 0. The molecule has 0 fully saturated rings. The van der Waals surface area contributed by atoms with E-state index in [-0.39, 0.29) is 0 Å². The fourth-order valence-electron chi connectivity index (χ4n) is 0.472. The lowest BCUT2D eigenvalue weighted by Gasteiger charge is -1.77. The molecule has 1 rings (SSSR count). The lowest BCUT2D eigenvalue weighted by atomic mass is 10.4. The molecule has 2 nitrogen and oxygen atoms in total. The van der Waals surface area contributed by atoms with E-state index in [2.05, 4.69) is 27.7 Å². The van der Waals surface area contributed by atoms with Gasteiger partial charge in [0, 0.05) is 0 Å². The quantitative estimate of drug-likeness (QED) is 0.664. The van der Waals surface area contributed by atoms with Gasteiger partial charge in [0.25, 0.3) is 0 Å².